The van der Waals surface area contributed by atoms with Crippen molar-refractivity contribution in [2.75, 3.05) is 89.5 Å². The van der Waals surface area contributed by atoms with Gasteiger partial charge in [0, 0.05) is 112 Å². The van der Waals surface area contributed by atoms with Gasteiger partial charge in [-0.15, -0.1) is 0 Å². The van der Waals surface area contributed by atoms with Crippen LogP contribution in [0.3, 0.4) is 0 Å². The van der Waals surface area contributed by atoms with Crippen molar-refractivity contribution in [3.8, 4) is 35.7 Å². The zero-order chi connectivity index (χ0) is 55.9. The number of nitriles is 2. The molecular weight excluding hydrogens is 1140 g/mol. The smallest absolute Gasteiger partial charge is 0.318 e. The zero-order valence-electron chi connectivity index (χ0n) is 45.1. The van der Waals surface area contributed by atoms with Crippen molar-refractivity contribution < 1.29 is 29.3 Å². The predicted molar refractivity (Wildman–Crippen MR) is 316 cm³/mol. The molecule has 23 heteroatoms. The molecule has 8 heterocycles. The third-order valence-corrected chi connectivity index (χ3v) is 17.0. The number of phenols is 2. The molecule has 2 aromatic carbocycles. The molecule has 1 unspecified atom stereocenters. The maximum Gasteiger partial charge on any atom is 0.318 e. The number of aromatic nitrogens is 4. The number of benzene rings is 2. The van der Waals surface area contributed by atoms with Crippen molar-refractivity contribution in [1.29, 1.82) is 10.5 Å². The van der Waals surface area contributed by atoms with Gasteiger partial charge < -0.3 is 49.1 Å². The summed E-state index contributed by atoms with van der Waals surface area (Å²) in [5.74, 6) is 1.76. The van der Waals surface area contributed by atoms with Crippen molar-refractivity contribution in [1.82, 2.24) is 49.3 Å². The lowest BCUT2D eigenvalue weighted by Gasteiger charge is -2.42. The molecule has 0 radical (unpaired) electrons. The molecule has 4 aromatic rings. The first-order chi connectivity index (χ1) is 38.1. The van der Waals surface area contributed by atoms with E-state index in [4.69, 9.17) is 52.6 Å². The van der Waals surface area contributed by atoms with Crippen LogP contribution in [0.2, 0.25) is 10.0 Å². The number of likely N-dealkylation sites (tertiary alicyclic amines) is 2. The molecule has 2 amide bonds. The number of phenolic OH excluding ortho intramolecular Hbond substituents is 2. The highest BCUT2D eigenvalue weighted by atomic mass is 79.9. The number of halogens is 3. The van der Waals surface area contributed by atoms with Gasteiger partial charge in [-0.3, -0.25) is 19.4 Å². The van der Waals surface area contributed by atoms with Gasteiger partial charge in [0.1, 0.15) is 36.3 Å². The van der Waals surface area contributed by atoms with Crippen molar-refractivity contribution in [3.63, 3.8) is 0 Å². The van der Waals surface area contributed by atoms with Crippen LogP contribution < -0.4 is 19.3 Å². The first kappa shape index (κ1) is 62.6. The Hall–Kier alpha value is -6.04. The number of aromatic hydroxyl groups is 2. The van der Waals surface area contributed by atoms with Crippen LogP contribution >= 0.6 is 39.1 Å². The van der Waals surface area contributed by atoms with E-state index in [0.717, 1.165) is 84.1 Å². The number of nitrogens with zero attached hydrogens (tertiary/aromatic N) is 14. The minimum Gasteiger partial charge on any atom is -0.508 e. The fourth-order valence-corrected chi connectivity index (χ4v) is 12.2. The van der Waals surface area contributed by atoms with E-state index < -0.39 is 0 Å². The molecule has 2 N–H and O–H groups in total. The monoisotopic (exact) mass is 1210 g/mol. The number of piperazine rings is 2. The summed E-state index contributed by atoms with van der Waals surface area (Å²) < 4.78 is 12.3. The first-order valence-electron chi connectivity index (χ1n) is 27.1. The number of likely N-dealkylation sites (N-methyl/N-ethyl adjacent to an activating group) is 2. The Morgan fingerprint density at radius 2 is 1.15 bits per heavy atom. The summed E-state index contributed by atoms with van der Waals surface area (Å²) in [6, 6.07) is 15.3. The fourth-order valence-electron chi connectivity index (χ4n) is 11.6. The molecule has 20 nitrogen and oxygen atoms in total. The van der Waals surface area contributed by atoms with E-state index >= 15 is 0 Å². The van der Waals surface area contributed by atoms with E-state index in [1.165, 1.54) is 6.08 Å². The molecule has 81 heavy (non-hydrogen) atoms. The number of fused-ring (bicyclic) bond motifs is 2. The SMILES string of the molecule is C.C.C=CC(=O)N1CCN(c2nc(OC[C@@H]3CCCN3C)nc3c2CN(Cc2cc(O)ccc2Cl)C3)C[C@@H]1CC#N.CC(Br)C(=O)N1CCN(c2nc(OC[C@@H]3CCCN3C)nc3c2CN(Cc2cc(O)ccc2Cl)C3)C[C@@H]1CC#N. The van der Waals surface area contributed by atoms with Crippen molar-refractivity contribution in [3.05, 3.63) is 92.7 Å². The van der Waals surface area contributed by atoms with Crippen LogP contribution in [0.4, 0.5) is 11.6 Å². The van der Waals surface area contributed by atoms with Crippen LogP contribution in [0, 0.1) is 22.7 Å². The number of amides is 2. The zero-order valence-corrected chi connectivity index (χ0v) is 48.2. The molecule has 0 aliphatic carbocycles. The van der Waals surface area contributed by atoms with Crippen LogP contribution in [-0.2, 0) is 48.9 Å². The number of anilines is 2. The van der Waals surface area contributed by atoms with E-state index in [0.29, 0.717) is 126 Å². The van der Waals surface area contributed by atoms with Crippen LogP contribution in [0.15, 0.2) is 49.1 Å². The second-order valence-corrected chi connectivity index (χ2v) is 23.5. The molecule has 10 rings (SSSR count). The average Bonchev–Trinajstić information content (AvgIpc) is 4.37. The lowest BCUT2D eigenvalue weighted by Crippen LogP contribution is -2.56. The number of rotatable bonds is 16. The van der Waals surface area contributed by atoms with Crippen LogP contribution in [0.5, 0.6) is 23.5 Å². The lowest BCUT2D eigenvalue weighted by molar-refractivity contribution is -0.133. The van der Waals surface area contributed by atoms with Crippen LogP contribution in [-0.4, -0.2) is 180 Å². The summed E-state index contributed by atoms with van der Waals surface area (Å²) in [4.78, 5) is 61.3. The van der Waals surface area contributed by atoms with Gasteiger partial charge in [0.2, 0.25) is 11.8 Å². The molecule has 0 saturated carbocycles. The predicted octanol–water partition coefficient (Wildman–Crippen LogP) is 7.75. The molecule has 0 bridgehead atoms. The van der Waals surface area contributed by atoms with E-state index in [1.807, 2.05) is 11.8 Å². The Balaban J connectivity index is 0.000000228. The summed E-state index contributed by atoms with van der Waals surface area (Å²) in [6.07, 6.45) is 6.26. The highest BCUT2D eigenvalue weighted by Crippen LogP contribution is 2.37. The summed E-state index contributed by atoms with van der Waals surface area (Å²) in [7, 11) is 4.23. The third kappa shape index (κ3) is 15.0. The number of alkyl halides is 1. The van der Waals surface area contributed by atoms with Gasteiger partial charge in [-0.05, 0) is 113 Å². The van der Waals surface area contributed by atoms with E-state index in [2.05, 4.69) is 78.1 Å². The normalized spacial score (nSPS) is 21.4. The summed E-state index contributed by atoms with van der Waals surface area (Å²) in [5.41, 5.74) is 5.51. The molecule has 4 saturated heterocycles. The lowest BCUT2D eigenvalue weighted by atomic mass is 10.1. The highest BCUT2D eigenvalue weighted by Gasteiger charge is 2.38. The van der Waals surface area contributed by atoms with Crippen LogP contribution in [0.1, 0.15) is 93.9 Å². The standard InChI is InChI=1S/C28H35BrClN7O3.C28H34ClN7O3.2CH4/c1-18(29)27(39)37-11-10-36(14-20(37)7-8-31)26-23-15-35(13-19-12-22(38)5-6-24(19)30)16-25(23)32-28(33-26)40-17-21-4-3-9-34(21)2;1-3-26(38)36-12-11-35(15-20(36)8-9-30)27-23-16-34(14-19-13-22(37)6-7-24(19)29)17-25(23)31-28(32-27)39-18-21-5-4-10-33(21)2;;/h5-6,12,18,20-21,38H,3-4,7,9-11,13-17H2,1-2H3;3,6-7,13,20-21,37H,1,4-5,8,10-12,14-18H2,2H3;2*1H4/t18?,20-,21-;20-,21-;;/m00../s1. The van der Waals surface area contributed by atoms with Gasteiger partial charge in [0.25, 0.3) is 0 Å². The second-order valence-electron chi connectivity index (χ2n) is 21.3. The molecule has 2 aromatic heterocycles. The topological polar surface area (TPSA) is 218 Å². The molecule has 4 fully saturated rings. The van der Waals surface area contributed by atoms with Gasteiger partial charge in [-0.1, -0.05) is 60.6 Å². The van der Waals surface area contributed by atoms with Crippen LogP contribution in [0.25, 0.3) is 0 Å². The number of carbonyl (C=O) groups excluding carboxylic acids is 2. The van der Waals surface area contributed by atoms with Gasteiger partial charge >= 0.3 is 12.0 Å². The third-order valence-electron chi connectivity index (χ3n) is 15.9. The molecule has 436 valence electrons. The van der Waals surface area contributed by atoms with E-state index in [-0.39, 0.29) is 67.9 Å². The Morgan fingerprint density at radius 3 is 1.56 bits per heavy atom. The minimum atomic E-state index is -0.310. The second kappa shape index (κ2) is 28.3. The minimum absolute atomic E-state index is 0. The van der Waals surface area contributed by atoms with Crippen molar-refractivity contribution in [2.45, 2.75) is 129 Å². The quantitative estimate of drug-likeness (QED) is 0.0809. The molecule has 6 aliphatic heterocycles. The molecule has 0 spiro atoms. The molecule has 5 atom stereocenters. The maximum absolute atomic E-state index is 12.8. The highest BCUT2D eigenvalue weighted by molar-refractivity contribution is 9.10. The Labute approximate surface area is 495 Å². The van der Waals surface area contributed by atoms with Crippen molar-refractivity contribution in [2.24, 2.45) is 0 Å². The number of hydrogen-bond acceptors (Lipinski definition) is 18. The van der Waals surface area contributed by atoms with Gasteiger partial charge in [0.15, 0.2) is 0 Å². The maximum atomic E-state index is 12.8. The summed E-state index contributed by atoms with van der Waals surface area (Å²) in [5, 5.41) is 40.1. The fraction of sp³-hybridized carbons (Fsp3) is 0.552. The van der Waals surface area contributed by atoms with Gasteiger partial charge in [0.05, 0.1) is 53.3 Å². The molecular formula is C58H77BrCl2N14O6. The van der Waals surface area contributed by atoms with Gasteiger partial charge in [-0.25, -0.2) is 0 Å². The average molecular weight is 1220 g/mol. The Kier molecular flexibility index (Phi) is 21.9. The van der Waals surface area contributed by atoms with Gasteiger partial charge in [-0.2, -0.15) is 30.5 Å². The number of hydrogen-bond donors (Lipinski definition) is 2. The summed E-state index contributed by atoms with van der Waals surface area (Å²) in [6.45, 7) is 15.3. The molecule has 6 aliphatic rings. The van der Waals surface area contributed by atoms with Crippen molar-refractivity contribution >= 4 is 62.6 Å². The number of carbonyl (C=O) groups is 2. The largest absolute Gasteiger partial charge is 0.508 e. The first-order valence-corrected chi connectivity index (χ1v) is 28.7. The summed E-state index contributed by atoms with van der Waals surface area (Å²) >= 11 is 16.2. The Bertz CT molecular complexity index is 2960. The van der Waals surface area contributed by atoms with E-state index in [9.17, 15) is 30.3 Å². The number of ether oxygens (including phenoxy) is 2. The van der Waals surface area contributed by atoms with E-state index in [1.54, 1.807) is 41.3 Å². The Morgan fingerprint density at radius 1 is 0.704 bits per heavy atom.